The second-order valence-corrected chi connectivity index (χ2v) is 9.97. The first-order valence-electron chi connectivity index (χ1n) is 12.8. The van der Waals surface area contributed by atoms with E-state index in [2.05, 4.69) is 21.8 Å². The van der Waals surface area contributed by atoms with E-state index in [0.29, 0.717) is 30.4 Å². The number of likely N-dealkylation sites (tertiary alicyclic amines) is 1. The lowest BCUT2D eigenvalue weighted by Crippen LogP contribution is -2.55. The highest BCUT2D eigenvalue weighted by molar-refractivity contribution is 6.10. The Morgan fingerprint density at radius 2 is 1.59 bits per heavy atom. The van der Waals surface area contributed by atoms with Gasteiger partial charge in [0.15, 0.2) is 0 Å². The Balaban J connectivity index is 1.31. The van der Waals surface area contributed by atoms with Crippen LogP contribution >= 0.6 is 0 Å². The molecule has 2 aliphatic rings. The lowest BCUT2D eigenvalue weighted by molar-refractivity contribution is -0.131. The molecule has 2 aromatic carbocycles. The molecule has 0 bridgehead atoms. The molecule has 2 N–H and O–H groups in total. The number of benzene rings is 2. The fraction of sp³-hybridized carbons (Fsp3) is 0.393. The number of H-pyrrole nitrogens is 1. The van der Waals surface area contributed by atoms with E-state index in [0.717, 1.165) is 49.9 Å². The van der Waals surface area contributed by atoms with Crippen molar-refractivity contribution in [2.45, 2.75) is 18.9 Å². The molecule has 2 saturated heterocycles. The van der Waals surface area contributed by atoms with Crippen molar-refractivity contribution in [2.75, 3.05) is 57.8 Å². The second kappa shape index (κ2) is 10.7. The number of carboxylic acids is 1. The van der Waals surface area contributed by atoms with Crippen LogP contribution in [0.5, 0.6) is 0 Å². The minimum atomic E-state index is -1.04. The molecule has 2 amide bonds. The maximum atomic E-state index is 13.6. The molecule has 37 heavy (non-hydrogen) atoms. The van der Waals surface area contributed by atoms with Gasteiger partial charge in [-0.25, -0.2) is 4.79 Å². The number of fused-ring (bicyclic) bond motifs is 1. The summed E-state index contributed by atoms with van der Waals surface area (Å²) in [6.07, 6.45) is 4.13. The number of piperazine rings is 1. The monoisotopic (exact) mass is 503 g/mol. The summed E-state index contributed by atoms with van der Waals surface area (Å²) in [5.41, 5.74) is 1.90. The average Bonchev–Trinajstić information content (AvgIpc) is 3.40. The van der Waals surface area contributed by atoms with Crippen molar-refractivity contribution >= 4 is 34.4 Å². The number of amides is 2. The predicted octanol–water partition coefficient (Wildman–Crippen LogP) is 2.75. The van der Waals surface area contributed by atoms with Crippen LogP contribution in [0.1, 0.15) is 33.6 Å². The summed E-state index contributed by atoms with van der Waals surface area (Å²) in [7, 11) is 2.16. The lowest BCUT2D eigenvalue weighted by Gasteiger charge is -2.42. The number of nitrogens with one attached hydrogen (secondary N) is 1. The lowest BCUT2D eigenvalue weighted by atomic mass is 10.0. The number of aromatic carboxylic acids is 1. The number of rotatable bonds is 6. The van der Waals surface area contributed by atoms with Crippen LogP contribution in [0.25, 0.3) is 10.9 Å². The fourth-order valence-corrected chi connectivity index (χ4v) is 5.33. The standard InChI is InChI=1S/C28H33N5O4/c1-30-12-9-23(10-13-30)31-14-16-32(17-15-31)26(34)19-33(24-6-4-21(5-7-24)28(36)37)27(35)22-3-2-20-8-11-29-25(20)18-22/h2-8,11,18,23,29H,9-10,12-17,19H2,1H3,(H,36,37). The molecule has 0 atom stereocenters. The van der Waals surface area contributed by atoms with Gasteiger partial charge in [0, 0.05) is 55.2 Å². The summed E-state index contributed by atoms with van der Waals surface area (Å²) >= 11 is 0. The summed E-state index contributed by atoms with van der Waals surface area (Å²) in [5.74, 6) is -1.46. The number of nitrogens with zero attached hydrogens (tertiary/aromatic N) is 4. The minimum Gasteiger partial charge on any atom is -0.478 e. The molecule has 2 aliphatic heterocycles. The van der Waals surface area contributed by atoms with Crippen LogP contribution in [0.15, 0.2) is 54.7 Å². The fourth-order valence-electron chi connectivity index (χ4n) is 5.33. The molecule has 0 spiro atoms. The van der Waals surface area contributed by atoms with E-state index in [1.54, 1.807) is 24.3 Å². The van der Waals surface area contributed by atoms with E-state index in [9.17, 15) is 19.5 Å². The van der Waals surface area contributed by atoms with Crippen LogP contribution in [0, 0.1) is 0 Å². The largest absolute Gasteiger partial charge is 0.478 e. The Morgan fingerprint density at radius 3 is 2.27 bits per heavy atom. The third kappa shape index (κ3) is 5.52. The number of carbonyl (C=O) groups excluding carboxylic acids is 2. The molecule has 9 nitrogen and oxygen atoms in total. The Hall–Kier alpha value is -3.69. The van der Waals surface area contributed by atoms with E-state index in [-0.39, 0.29) is 23.9 Å². The first-order valence-corrected chi connectivity index (χ1v) is 12.8. The second-order valence-electron chi connectivity index (χ2n) is 9.97. The van der Waals surface area contributed by atoms with Gasteiger partial charge in [-0.3, -0.25) is 19.4 Å². The highest BCUT2D eigenvalue weighted by atomic mass is 16.4. The van der Waals surface area contributed by atoms with Gasteiger partial charge in [-0.2, -0.15) is 0 Å². The van der Waals surface area contributed by atoms with Crippen molar-refractivity contribution in [2.24, 2.45) is 0 Å². The number of aromatic nitrogens is 1. The number of hydrogen-bond donors (Lipinski definition) is 2. The van der Waals surface area contributed by atoms with E-state index >= 15 is 0 Å². The zero-order chi connectivity index (χ0) is 25.9. The molecule has 5 rings (SSSR count). The number of hydrogen-bond acceptors (Lipinski definition) is 5. The zero-order valence-electron chi connectivity index (χ0n) is 21.1. The summed E-state index contributed by atoms with van der Waals surface area (Å²) in [4.78, 5) is 49.6. The van der Waals surface area contributed by atoms with Crippen molar-refractivity contribution in [3.63, 3.8) is 0 Å². The zero-order valence-corrected chi connectivity index (χ0v) is 21.1. The van der Waals surface area contributed by atoms with Crippen LogP contribution in [-0.2, 0) is 4.79 Å². The van der Waals surface area contributed by atoms with Crippen LogP contribution in [0.2, 0.25) is 0 Å². The molecule has 2 fully saturated rings. The molecule has 0 aliphatic carbocycles. The van der Waals surface area contributed by atoms with Crippen molar-refractivity contribution < 1.29 is 19.5 Å². The van der Waals surface area contributed by atoms with Crippen LogP contribution in [0.3, 0.4) is 0 Å². The summed E-state index contributed by atoms with van der Waals surface area (Å²) in [6.45, 7) is 5.06. The summed E-state index contributed by atoms with van der Waals surface area (Å²) < 4.78 is 0. The average molecular weight is 504 g/mol. The molecule has 0 saturated carbocycles. The molecule has 9 heteroatoms. The normalized spacial score (nSPS) is 17.7. The molecule has 3 aromatic rings. The van der Waals surface area contributed by atoms with E-state index in [4.69, 9.17) is 0 Å². The Morgan fingerprint density at radius 1 is 0.919 bits per heavy atom. The molecule has 194 valence electrons. The Kier molecular flexibility index (Phi) is 7.25. The maximum absolute atomic E-state index is 13.6. The van der Waals surface area contributed by atoms with Gasteiger partial charge in [-0.15, -0.1) is 0 Å². The highest BCUT2D eigenvalue weighted by Gasteiger charge is 2.30. The number of piperidine rings is 1. The summed E-state index contributed by atoms with van der Waals surface area (Å²) in [6, 6.07) is 14.0. The Labute approximate surface area is 216 Å². The van der Waals surface area contributed by atoms with Gasteiger partial charge in [0.25, 0.3) is 5.91 Å². The topological polar surface area (TPSA) is 100 Å². The number of carbonyl (C=O) groups is 3. The maximum Gasteiger partial charge on any atom is 0.335 e. The van der Waals surface area contributed by atoms with Crippen LogP contribution in [0.4, 0.5) is 5.69 Å². The third-order valence-corrected chi connectivity index (χ3v) is 7.64. The van der Waals surface area contributed by atoms with Crippen molar-refractivity contribution in [3.05, 3.63) is 65.9 Å². The SMILES string of the molecule is CN1CCC(N2CCN(C(=O)CN(C(=O)c3ccc4cc[nH]c4c3)c3ccc(C(=O)O)cc3)CC2)CC1. The van der Waals surface area contributed by atoms with Crippen LogP contribution < -0.4 is 4.90 Å². The minimum absolute atomic E-state index is 0.109. The van der Waals surface area contributed by atoms with Crippen molar-refractivity contribution in [1.29, 1.82) is 0 Å². The molecule has 0 unspecified atom stereocenters. The Bertz CT molecular complexity index is 1270. The first kappa shape index (κ1) is 25.0. The van der Waals surface area contributed by atoms with Gasteiger partial charge < -0.3 is 19.9 Å². The smallest absolute Gasteiger partial charge is 0.335 e. The van der Waals surface area contributed by atoms with E-state index in [1.807, 2.05) is 23.2 Å². The summed E-state index contributed by atoms with van der Waals surface area (Å²) in [5, 5.41) is 10.3. The van der Waals surface area contributed by atoms with E-state index < -0.39 is 5.97 Å². The first-order chi connectivity index (χ1) is 17.9. The van der Waals surface area contributed by atoms with Crippen LogP contribution in [-0.4, -0.2) is 101 Å². The molecule has 0 radical (unpaired) electrons. The molecule has 3 heterocycles. The molecular weight excluding hydrogens is 470 g/mol. The predicted molar refractivity (Wildman–Crippen MR) is 142 cm³/mol. The van der Waals surface area contributed by atoms with Gasteiger partial charge in [-0.1, -0.05) is 6.07 Å². The van der Waals surface area contributed by atoms with Crippen molar-refractivity contribution in [1.82, 2.24) is 19.7 Å². The number of carboxylic acid groups (broad SMARTS) is 1. The quantitative estimate of drug-likeness (QED) is 0.537. The number of aromatic amines is 1. The number of anilines is 1. The van der Waals surface area contributed by atoms with Gasteiger partial charge in [0.2, 0.25) is 5.91 Å². The van der Waals surface area contributed by atoms with Gasteiger partial charge in [0.05, 0.1) is 5.56 Å². The van der Waals surface area contributed by atoms with Gasteiger partial charge in [-0.05, 0) is 80.8 Å². The highest BCUT2D eigenvalue weighted by Crippen LogP contribution is 2.22. The molecular formula is C28H33N5O4. The van der Waals surface area contributed by atoms with Gasteiger partial charge >= 0.3 is 5.97 Å². The van der Waals surface area contributed by atoms with E-state index in [1.165, 1.54) is 17.0 Å². The molecule has 1 aromatic heterocycles. The third-order valence-electron chi connectivity index (χ3n) is 7.64. The van der Waals surface area contributed by atoms with Gasteiger partial charge in [0.1, 0.15) is 6.54 Å². The van der Waals surface area contributed by atoms with Crippen molar-refractivity contribution in [3.8, 4) is 0 Å².